The lowest BCUT2D eigenvalue weighted by atomic mass is 10.00. The zero-order valence-electron chi connectivity index (χ0n) is 13.5. The lowest BCUT2D eigenvalue weighted by Crippen LogP contribution is -2.23. The molecule has 2 unspecified atom stereocenters. The molecule has 2 heterocycles. The smallest absolute Gasteiger partial charge is 0.317 e. The normalized spacial score (nSPS) is 19.1. The topological polar surface area (TPSA) is 83.0 Å². The van der Waals surface area contributed by atoms with Gasteiger partial charge in [0.05, 0.1) is 5.56 Å². The predicted molar refractivity (Wildman–Crippen MR) is 97.3 cm³/mol. The SMILES string of the molecule is CC1c2c(nc(Cc3cccc4ccccc34)[nH]c2=O)SC1C(=O)O. The minimum Gasteiger partial charge on any atom is -0.480 e. The molecule has 126 valence electrons. The molecule has 5 nitrogen and oxygen atoms in total. The quantitative estimate of drug-likeness (QED) is 0.708. The van der Waals surface area contributed by atoms with Crippen LogP contribution in [0.25, 0.3) is 10.8 Å². The van der Waals surface area contributed by atoms with E-state index in [0.717, 1.165) is 28.1 Å². The highest BCUT2D eigenvalue weighted by Gasteiger charge is 2.38. The maximum Gasteiger partial charge on any atom is 0.317 e. The summed E-state index contributed by atoms with van der Waals surface area (Å²) in [5.74, 6) is -0.697. The summed E-state index contributed by atoms with van der Waals surface area (Å²) >= 11 is 1.16. The van der Waals surface area contributed by atoms with Gasteiger partial charge in [-0.1, -0.05) is 61.2 Å². The average molecular weight is 352 g/mol. The van der Waals surface area contributed by atoms with Crippen molar-refractivity contribution >= 4 is 28.5 Å². The summed E-state index contributed by atoms with van der Waals surface area (Å²) in [5, 5.41) is 11.5. The third kappa shape index (κ3) is 2.72. The molecular weight excluding hydrogens is 336 g/mol. The van der Waals surface area contributed by atoms with Crippen molar-refractivity contribution in [3.8, 4) is 0 Å². The number of hydrogen-bond donors (Lipinski definition) is 2. The number of nitrogens with zero attached hydrogens (tertiary/aromatic N) is 1. The molecule has 0 bridgehead atoms. The third-order valence-electron chi connectivity index (χ3n) is 4.60. The van der Waals surface area contributed by atoms with Crippen molar-refractivity contribution < 1.29 is 9.90 Å². The van der Waals surface area contributed by atoms with Crippen molar-refractivity contribution in [2.45, 2.75) is 29.5 Å². The Morgan fingerprint density at radius 1 is 1.24 bits per heavy atom. The number of aromatic amines is 1. The molecule has 3 aromatic rings. The summed E-state index contributed by atoms with van der Waals surface area (Å²) in [6, 6.07) is 14.1. The summed E-state index contributed by atoms with van der Waals surface area (Å²) < 4.78 is 0. The first kappa shape index (κ1) is 15.9. The van der Waals surface area contributed by atoms with Crippen LogP contribution < -0.4 is 5.56 Å². The number of aromatic nitrogens is 2. The van der Waals surface area contributed by atoms with Crippen molar-refractivity contribution in [2.24, 2.45) is 0 Å². The summed E-state index contributed by atoms with van der Waals surface area (Å²) in [5.41, 5.74) is 1.33. The van der Waals surface area contributed by atoms with E-state index in [1.807, 2.05) is 42.5 Å². The van der Waals surface area contributed by atoms with Gasteiger partial charge < -0.3 is 10.1 Å². The maximum absolute atomic E-state index is 12.5. The van der Waals surface area contributed by atoms with Crippen molar-refractivity contribution in [1.29, 1.82) is 0 Å². The van der Waals surface area contributed by atoms with Crippen LogP contribution in [0.4, 0.5) is 0 Å². The molecule has 0 saturated carbocycles. The first-order valence-electron chi connectivity index (χ1n) is 8.04. The van der Waals surface area contributed by atoms with Crippen LogP contribution in [0.1, 0.15) is 29.8 Å². The van der Waals surface area contributed by atoms with E-state index in [-0.39, 0.29) is 11.5 Å². The molecule has 0 fully saturated rings. The Morgan fingerprint density at radius 3 is 2.80 bits per heavy atom. The molecule has 0 aliphatic carbocycles. The molecule has 0 spiro atoms. The van der Waals surface area contributed by atoms with Gasteiger partial charge >= 0.3 is 5.97 Å². The van der Waals surface area contributed by atoms with Gasteiger partial charge in [-0.2, -0.15) is 0 Å². The molecule has 2 aromatic carbocycles. The van der Waals surface area contributed by atoms with Gasteiger partial charge in [-0.15, -0.1) is 0 Å². The zero-order valence-corrected chi connectivity index (χ0v) is 14.3. The summed E-state index contributed by atoms with van der Waals surface area (Å²) in [7, 11) is 0. The van der Waals surface area contributed by atoms with Crippen LogP contribution in [0.15, 0.2) is 52.3 Å². The van der Waals surface area contributed by atoms with Crippen molar-refractivity contribution in [3.05, 3.63) is 69.8 Å². The number of fused-ring (bicyclic) bond motifs is 2. The highest BCUT2D eigenvalue weighted by Crippen LogP contribution is 2.42. The number of carboxylic acids is 1. The largest absolute Gasteiger partial charge is 0.480 e. The van der Waals surface area contributed by atoms with E-state index in [4.69, 9.17) is 0 Å². The van der Waals surface area contributed by atoms with Gasteiger partial charge in [0.1, 0.15) is 16.1 Å². The van der Waals surface area contributed by atoms with Crippen LogP contribution in [0, 0.1) is 0 Å². The fraction of sp³-hybridized carbons (Fsp3) is 0.211. The summed E-state index contributed by atoms with van der Waals surface area (Å²) in [6.07, 6.45) is 0.497. The number of aliphatic carboxylic acids is 1. The number of carboxylic acid groups (broad SMARTS) is 1. The monoisotopic (exact) mass is 352 g/mol. The van der Waals surface area contributed by atoms with E-state index in [1.54, 1.807) is 6.92 Å². The molecule has 0 radical (unpaired) electrons. The molecule has 1 aliphatic heterocycles. The van der Waals surface area contributed by atoms with Crippen LogP contribution in [0.5, 0.6) is 0 Å². The third-order valence-corrected chi connectivity index (χ3v) is 6.00. The number of rotatable bonds is 3. The first-order chi connectivity index (χ1) is 12.0. The van der Waals surface area contributed by atoms with E-state index in [2.05, 4.69) is 9.97 Å². The minimum atomic E-state index is -0.912. The van der Waals surface area contributed by atoms with Crippen LogP contribution in [0.2, 0.25) is 0 Å². The van der Waals surface area contributed by atoms with Gasteiger partial charge in [0.2, 0.25) is 0 Å². The van der Waals surface area contributed by atoms with Crippen molar-refractivity contribution in [3.63, 3.8) is 0 Å². The molecular formula is C19H16N2O3S. The molecule has 0 saturated heterocycles. The molecule has 1 aromatic heterocycles. The maximum atomic E-state index is 12.5. The second kappa shape index (κ2) is 6.04. The fourth-order valence-electron chi connectivity index (χ4n) is 3.35. The van der Waals surface area contributed by atoms with Crippen molar-refractivity contribution in [1.82, 2.24) is 9.97 Å². The summed E-state index contributed by atoms with van der Waals surface area (Å²) in [4.78, 5) is 31.2. The number of hydrogen-bond acceptors (Lipinski definition) is 4. The van der Waals surface area contributed by atoms with Crippen molar-refractivity contribution in [2.75, 3.05) is 0 Å². The highest BCUT2D eigenvalue weighted by molar-refractivity contribution is 8.00. The van der Waals surface area contributed by atoms with Gasteiger partial charge in [0, 0.05) is 12.3 Å². The van der Waals surface area contributed by atoms with Gasteiger partial charge in [-0.05, 0) is 16.3 Å². The Hall–Kier alpha value is -2.60. The number of nitrogens with one attached hydrogen (secondary N) is 1. The van der Waals surface area contributed by atoms with Gasteiger partial charge in [0.15, 0.2) is 0 Å². The van der Waals surface area contributed by atoms with E-state index in [1.165, 1.54) is 0 Å². The van der Waals surface area contributed by atoms with E-state index < -0.39 is 11.2 Å². The van der Waals surface area contributed by atoms with Crippen LogP contribution in [0.3, 0.4) is 0 Å². The van der Waals surface area contributed by atoms with Crippen LogP contribution >= 0.6 is 11.8 Å². The Labute approximate surface area is 148 Å². The van der Waals surface area contributed by atoms with Crippen LogP contribution in [-0.2, 0) is 11.2 Å². The lowest BCUT2D eigenvalue weighted by Gasteiger charge is -2.08. The molecule has 1 aliphatic rings. The van der Waals surface area contributed by atoms with E-state index in [0.29, 0.717) is 22.8 Å². The Morgan fingerprint density at radius 2 is 2.00 bits per heavy atom. The van der Waals surface area contributed by atoms with Gasteiger partial charge in [0.25, 0.3) is 5.56 Å². The van der Waals surface area contributed by atoms with Gasteiger partial charge in [-0.25, -0.2) is 4.98 Å². The van der Waals surface area contributed by atoms with E-state index >= 15 is 0 Å². The molecule has 2 atom stereocenters. The molecule has 4 rings (SSSR count). The second-order valence-corrected chi connectivity index (χ2v) is 7.34. The standard InChI is InChI=1S/C19H16N2O3S/c1-10-15-17(22)20-14(21-18(15)25-16(10)19(23)24)9-12-7-4-6-11-5-2-3-8-13(11)12/h2-8,10,16H,9H2,1H3,(H,23,24)(H,20,21,22). The van der Waals surface area contributed by atoms with E-state index in [9.17, 15) is 14.7 Å². The average Bonchev–Trinajstić information content (AvgIpc) is 2.92. The molecule has 0 amide bonds. The summed E-state index contributed by atoms with van der Waals surface area (Å²) in [6.45, 7) is 1.76. The Kier molecular flexibility index (Phi) is 3.84. The Bertz CT molecular complexity index is 1040. The second-order valence-electron chi connectivity index (χ2n) is 6.21. The first-order valence-corrected chi connectivity index (χ1v) is 8.92. The zero-order chi connectivity index (χ0) is 17.6. The highest BCUT2D eigenvalue weighted by atomic mass is 32.2. The number of H-pyrrole nitrogens is 1. The van der Waals surface area contributed by atoms with Crippen LogP contribution in [-0.4, -0.2) is 26.3 Å². The Balaban J connectivity index is 1.74. The molecule has 2 N–H and O–H groups in total. The predicted octanol–water partition coefficient (Wildman–Crippen LogP) is 3.18. The number of benzene rings is 2. The van der Waals surface area contributed by atoms with Gasteiger partial charge in [-0.3, -0.25) is 9.59 Å². The molecule has 6 heteroatoms. The molecule has 25 heavy (non-hydrogen) atoms. The number of thioether (sulfide) groups is 1. The number of carbonyl (C=O) groups is 1. The minimum absolute atomic E-state index is 0.232. The fourth-order valence-corrected chi connectivity index (χ4v) is 4.60. The lowest BCUT2D eigenvalue weighted by molar-refractivity contribution is -0.136.